The van der Waals surface area contributed by atoms with E-state index in [2.05, 4.69) is 37.1 Å². The molecule has 0 atom stereocenters. The van der Waals surface area contributed by atoms with Crippen molar-refractivity contribution >= 4 is 34.6 Å². The first-order chi connectivity index (χ1) is 17.1. The Morgan fingerprint density at radius 1 is 1.11 bits per heavy atom. The first-order valence-electron chi connectivity index (χ1n) is 12.5. The molecule has 1 fully saturated rings. The molecule has 0 spiro atoms. The molecule has 0 saturated heterocycles. The van der Waals surface area contributed by atoms with Crippen molar-refractivity contribution in [3.05, 3.63) is 30.6 Å². The molecule has 1 aliphatic rings. The Balaban J connectivity index is 1.31. The van der Waals surface area contributed by atoms with E-state index >= 15 is 0 Å². The number of hydrogen-bond acceptors (Lipinski definition) is 9. The van der Waals surface area contributed by atoms with Gasteiger partial charge in [0.1, 0.15) is 11.3 Å². The highest BCUT2D eigenvalue weighted by Gasteiger charge is 2.22. The standard InChI is InChI=1S/C25H35N7O3/c1-32(19-9-5-4-6-10-19)24-22-23(28-17-27-22)30-25(31-24)29-18-12-14-20(15-13-18)34-16-8-3-2-7-11-21(33)35-26/h12-15,17,19H,2-11,16,26H2,1H3,(H2,27,28,29,30,31). The van der Waals surface area contributed by atoms with Crippen LogP contribution in [0.15, 0.2) is 30.6 Å². The molecule has 4 N–H and O–H groups in total. The van der Waals surface area contributed by atoms with Gasteiger partial charge in [-0.05, 0) is 49.9 Å². The van der Waals surface area contributed by atoms with E-state index in [1.54, 1.807) is 6.33 Å². The second kappa shape index (κ2) is 12.3. The van der Waals surface area contributed by atoms with Gasteiger partial charge in [0.25, 0.3) is 0 Å². The number of unbranched alkanes of at least 4 members (excludes halogenated alkanes) is 3. The molecule has 3 aromatic rings. The second-order valence-corrected chi connectivity index (χ2v) is 9.03. The predicted molar refractivity (Wildman–Crippen MR) is 136 cm³/mol. The molecule has 188 valence electrons. The molecule has 0 radical (unpaired) electrons. The van der Waals surface area contributed by atoms with Gasteiger partial charge >= 0.3 is 5.97 Å². The maximum absolute atomic E-state index is 11.0. The van der Waals surface area contributed by atoms with Crippen molar-refractivity contribution in [2.75, 3.05) is 23.9 Å². The number of H-pyrrole nitrogens is 1. The Bertz CT molecular complexity index is 1080. The van der Waals surface area contributed by atoms with Crippen molar-refractivity contribution in [3.8, 4) is 5.75 Å². The lowest BCUT2D eigenvalue weighted by molar-refractivity contribution is -0.144. The highest BCUT2D eigenvalue weighted by Crippen LogP contribution is 2.30. The smallest absolute Gasteiger partial charge is 0.324 e. The average molecular weight is 482 g/mol. The molecular weight excluding hydrogens is 446 g/mol. The van der Waals surface area contributed by atoms with Crippen molar-refractivity contribution in [2.45, 2.75) is 70.3 Å². The molecule has 1 aliphatic carbocycles. The number of nitrogens with zero attached hydrogens (tertiary/aromatic N) is 4. The van der Waals surface area contributed by atoms with Crippen LogP contribution in [0.1, 0.15) is 64.2 Å². The molecular formula is C25H35N7O3. The van der Waals surface area contributed by atoms with Crippen LogP contribution in [0.25, 0.3) is 11.2 Å². The number of hydrogen-bond donors (Lipinski definition) is 3. The van der Waals surface area contributed by atoms with Crippen LogP contribution < -0.4 is 20.9 Å². The third-order valence-corrected chi connectivity index (χ3v) is 6.51. The van der Waals surface area contributed by atoms with Gasteiger partial charge in [0.15, 0.2) is 11.5 Å². The van der Waals surface area contributed by atoms with Gasteiger partial charge in [-0.3, -0.25) is 4.79 Å². The molecule has 0 aliphatic heterocycles. The fourth-order valence-corrected chi connectivity index (χ4v) is 4.51. The van der Waals surface area contributed by atoms with E-state index in [4.69, 9.17) is 15.6 Å². The molecule has 0 unspecified atom stereocenters. The molecule has 35 heavy (non-hydrogen) atoms. The zero-order chi connectivity index (χ0) is 24.5. The number of imidazole rings is 1. The van der Waals surface area contributed by atoms with Gasteiger partial charge in [-0.2, -0.15) is 15.9 Å². The lowest BCUT2D eigenvalue weighted by atomic mass is 9.94. The van der Waals surface area contributed by atoms with E-state index in [0.29, 0.717) is 30.7 Å². The molecule has 2 heterocycles. The Hall–Kier alpha value is -3.40. The number of nitrogens with one attached hydrogen (secondary N) is 2. The number of anilines is 3. The fraction of sp³-hybridized carbons (Fsp3) is 0.520. The molecule has 10 heteroatoms. The first-order valence-corrected chi connectivity index (χ1v) is 12.5. The molecule has 10 nitrogen and oxygen atoms in total. The van der Waals surface area contributed by atoms with Crippen molar-refractivity contribution in [1.82, 2.24) is 19.9 Å². The summed E-state index contributed by atoms with van der Waals surface area (Å²) in [6, 6.07) is 8.26. The number of carbonyl (C=O) groups is 1. The van der Waals surface area contributed by atoms with Crippen LogP contribution in [0.3, 0.4) is 0 Å². The second-order valence-electron chi connectivity index (χ2n) is 9.03. The van der Waals surface area contributed by atoms with E-state index in [1.165, 1.54) is 32.1 Å². The average Bonchev–Trinajstić information content (AvgIpc) is 3.37. The highest BCUT2D eigenvalue weighted by atomic mass is 16.7. The Kier molecular flexibility index (Phi) is 8.72. The lowest BCUT2D eigenvalue weighted by Gasteiger charge is -2.32. The molecule has 0 amide bonds. The predicted octanol–water partition coefficient (Wildman–Crippen LogP) is 4.61. The number of carbonyl (C=O) groups excluding carboxylic acids is 1. The maximum atomic E-state index is 11.0. The number of fused-ring (bicyclic) bond motifs is 1. The lowest BCUT2D eigenvalue weighted by Crippen LogP contribution is -2.34. The Morgan fingerprint density at radius 2 is 1.89 bits per heavy atom. The van der Waals surface area contributed by atoms with E-state index in [0.717, 1.165) is 48.5 Å². The van der Waals surface area contributed by atoms with Gasteiger partial charge in [-0.15, -0.1) is 0 Å². The van der Waals surface area contributed by atoms with Crippen LogP contribution in [0.5, 0.6) is 5.75 Å². The quantitative estimate of drug-likeness (QED) is 0.250. The highest BCUT2D eigenvalue weighted by molar-refractivity contribution is 5.84. The summed E-state index contributed by atoms with van der Waals surface area (Å²) in [5.41, 5.74) is 2.40. The summed E-state index contributed by atoms with van der Waals surface area (Å²) in [5.74, 6) is 6.67. The third-order valence-electron chi connectivity index (χ3n) is 6.51. The molecule has 4 rings (SSSR count). The monoisotopic (exact) mass is 481 g/mol. The van der Waals surface area contributed by atoms with Crippen molar-refractivity contribution in [3.63, 3.8) is 0 Å². The number of ether oxygens (including phenoxy) is 1. The number of nitrogens with two attached hydrogens (primary N) is 1. The summed E-state index contributed by atoms with van der Waals surface area (Å²) < 4.78 is 5.83. The van der Waals surface area contributed by atoms with Crippen LogP contribution in [-0.2, 0) is 9.63 Å². The normalized spacial score (nSPS) is 14.1. The minimum Gasteiger partial charge on any atom is -0.494 e. The van der Waals surface area contributed by atoms with Gasteiger partial charge < -0.3 is 24.8 Å². The number of aromatic amines is 1. The van der Waals surface area contributed by atoms with Crippen LogP contribution in [0.2, 0.25) is 0 Å². The SMILES string of the molecule is CN(c1nc(Nc2ccc(OCCCCCCC(=O)ON)cc2)nc2nc[nH]c12)C1CCCCC1. The van der Waals surface area contributed by atoms with Crippen LogP contribution in [0, 0.1) is 0 Å². The van der Waals surface area contributed by atoms with Gasteiger partial charge in [-0.1, -0.05) is 32.1 Å². The van der Waals surface area contributed by atoms with Gasteiger partial charge in [0.2, 0.25) is 5.95 Å². The molecule has 1 saturated carbocycles. The van der Waals surface area contributed by atoms with Crippen LogP contribution in [-0.4, -0.2) is 45.6 Å². The summed E-state index contributed by atoms with van der Waals surface area (Å²) in [5, 5.41) is 3.31. The fourth-order valence-electron chi connectivity index (χ4n) is 4.51. The van der Waals surface area contributed by atoms with Crippen LogP contribution in [0.4, 0.5) is 17.5 Å². The van der Waals surface area contributed by atoms with Gasteiger partial charge in [0.05, 0.1) is 12.9 Å². The first kappa shape index (κ1) is 24.7. The minimum absolute atomic E-state index is 0.362. The number of benzene rings is 1. The van der Waals surface area contributed by atoms with E-state index in [9.17, 15) is 4.79 Å². The molecule has 0 bridgehead atoms. The largest absolute Gasteiger partial charge is 0.494 e. The summed E-state index contributed by atoms with van der Waals surface area (Å²) in [6.45, 7) is 0.629. The van der Waals surface area contributed by atoms with Crippen molar-refractivity contribution < 1.29 is 14.4 Å². The Labute approximate surface area is 205 Å². The van der Waals surface area contributed by atoms with Gasteiger partial charge in [0, 0.05) is 25.2 Å². The summed E-state index contributed by atoms with van der Waals surface area (Å²) in [6.07, 6.45) is 11.9. The van der Waals surface area contributed by atoms with Crippen molar-refractivity contribution in [1.29, 1.82) is 0 Å². The molecule has 2 aromatic heterocycles. The number of rotatable bonds is 12. The van der Waals surface area contributed by atoms with E-state index in [-0.39, 0.29) is 5.97 Å². The van der Waals surface area contributed by atoms with Crippen LogP contribution >= 0.6 is 0 Å². The third kappa shape index (κ3) is 6.82. The maximum Gasteiger partial charge on any atom is 0.324 e. The van der Waals surface area contributed by atoms with Gasteiger partial charge in [-0.25, -0.2) is 4.98 Å². The summed E-state index contributed by atoms with van der Waals surface area (Å²) in [7, 11) is 2.11. The van der Waals surface area contributed by atoms with E-state index < -0.39 is 0 Å². The zero-order valence-corrected chi connectivity index (χ0v) is 20.3. The Morgan fingerprint density at radius 3 is 2.66 bits per heavy atom. The number of aromatic nitrogens is 4. The summed E-state index contributed by atoms with van der Waals surface area (Å²) >= 11 is 0. The van der Waals surface area contributed by atoms with Crippen molar-refractivity contribution in [2.24, 2.45) is 5.90 Å². The summed E-state index contributed by atoms with van der Waals surface area (Å²) in [4.78, 5) is 34.4. The zero-order valence-electron chi connectivity index (χ0n) is 20.3. The van der Waals surface area contributed by atoms with E-state index in [1.807, 2.05) is 24.3 Å². The topological polar surface area (TPSA) is 131 Å². The minimum atomic E-state index is -0.364. The molecule has 1 aromatic carbocycles.